The highest BCUT2D eigenvalue weighted by molar-refractivity contribution is 5.89. The van der Waals surface area contributed by atoms with Crippen LogP contribution in [0, 0.1) is 5.92 Å². The van der Waals surface area contributed by atoms with Crippen LogP contribution in [0.2, 0.25) is 0 Å². The Morgan fingerprint density at radius 1 is 1.36 bits per heavy atom. The quantitative estimate of drug-likeness (QED) is 0.833. The maximum absolute atomic E-state index is 12.5. The number of hydrogen-bond donors (Lipinski definition) is 0. The van der Waals surface area contributed by atoms with Gasteiger partial charge in [-0.1, -0.05) is 0 Å². The second kappa shape index (κ2) is 6.34. The average molecular weight is 303 g/mol. The zero-order chi connectivity index (χ0) is 15.5. The largest absolute Gasteiger partial charge is 0.489 e. The summed E-state index contributed by atoms with van der Waals surface area (Å²) in [6.07, 6.45) is 5.53. The lowest BCUT2D eigenvalue weighted by molar-refractivity contribution is -0.137. The van der Waals surface area contributed by atoms with Gasteiger partial charge in [0.25, 0.3) is 0 Å². The molecule has 118 valence electrons. The lowest BCUT2D eigenvalue weighted by Crippen LogP contribution is -2.44. The Labute approximate surface area is 130 Å². The zero-order valence-corrected chi connectivity index (χ0v) is 12.8. The number of carbonyl (C=O) groups is 2. The van der Waals surface area contributed by atoms with Crippen LogP contribution in [0.15, 0.2) is 24.5 Å². The first-order valence-corrected chi connectivity index (χ1v) is 7.73. The summed E-state index contributed by atoms with van der Waals surface area (Å²) in [7, 11) is 1.75. The smallest absolute Gasteiger partial charge is 0.227 e. The van der Waals surface area contributed by atoms with Gasteiger partial charge in [-0.15, -0.1) is 0 Å². The molecule has 22 heavy (non-hydrogen) atoms. The summed E-state index contributed by atoms with van der Waals surface area (Å²) in [4.78, 5) is 31.6. The molecule has 1 atom stereocenters. The highest BCUT2D eigenvalue weighted by atomic mass is 16.5. The van der Waals surface area contributed by atoms with Crippen LogP contribution in [-0.2, 0) is 9.59 Å². The van der Waals surface area contributed by atoms with E-state index >= 15 is 0 Å². The minimum absolute atomic E-state index is 0.0631. The van der Waals surface area contributed by atoms with Gasteiger partial charge in [-0.2, -0.15) is 0 Å². The molecule has 0 unspecified atom stereocenters. The molecule has 2 aliphatic heterocycles. The number of likely N-dealkylation sites (tertiary alicyclic amines) is 2. The van der Waals surface area contributed by atoms with Crippen molar-refractivity contribution in [3.05, 3.63) is 24.5 Å². The highest BCUT2D eigenvalue weighted by Crippen LogP contribution is 2.23. The predicted molar refractivity (Wildman–Crippen MR) is 80.2 cm³/mol. The molecule has 0 aromatic carbocycles. The Balaban J connectivity index is 1.49. The molecule has 0 radical (unpaired) electrons. The van der Waals surface area contributed by atoms with Gasteiger partial charge in [0, 0.05) is 52.1 Å². The lowest BCUT2D eigenvalue weighted by atomic mass is 10.0. The van der Waals surface area contributed by atoms with E-state index in [4.69, 9.17) is 4.74 Å². The van der Waals surface area contributed by atoms with Crippen molar-refractivity contribution in [1.82, 2.24) is 14.8 Å². The number of pyridine rings is 1. The number of nitrogens with zero attached hydrogens (tertiary/aromatic N) is 3. The number of amides is 2. The fourth-order valence-electron chi connectivity index (χ4n) is 3.09. The number of ether oxygens (including phenoxy) is 1. The number of rotatable bonds is 3. The molecule has 6 heteroatoms. The SMILES string of the molecule is CN1C[C@@H](C(=O)N2CCC(Oc3cccnc3)CC2)CC1=O. The molecule has 2 saturated heterocycles. The van der Waals surface area contributed by atoms with Crippen LogP contribution in [0.5, 0.6) is 5.75 Å². The predicted octanol–water partition coefficient (Wildman–Crippen LogP) is 0.930. The van der Waals surface area contributed by atoms with Crippen LogP contribution >= 0.6 is 0 Å². The number of aromatic nitrogens is 1. The third-order valence-electron chi connectivity index (χ3n) is 4.38. The van der Waals surface area contributed by atoms with Crippen LogP contribution in [0.1, 0.15) is 19.3 Å². The van der Waals surface area contributed by atoms with Gasteiger partial charge in [-0.25, -0.2) is 0 Å². The van der Waals surface area contributed by atoms with Crippen LogP contribution in [0.25, 0.3) is 0 Å². The van der Waals surface area contributed by atoms with Gasteiger partial charge in [0.1, 0.15) is 11.9 Å². The number of piperidine rings is 1. The first kappa shape index (κ1) is 14.8. The zero-order valence-electron chi connectivity index (χ0n) is 12.8. The Hall–Kier alpha value is -2.11. The average Bonchev–Trinajstić information content (AvgIpc) is 2.88. The summed E-state index contributed by atoms with van der Waals surface area (Å²) < 4.78 is 5.88. The molecule has 1 aromatic heterocycles. The molecule has 2 amide bonds. The Morgan fingerprint density at radius 3 is 2.73 bits per heavy atom. The van der Waals surface area contributed by atoms with E-state index in [1.807, 2.05) is 17.0 Å². The molecule has 0 aliphatic carbocycles. The summed E-state index contributed by atoms with van der Waals surface area (Å²) >= 11 is 0. The summed E-state index contributed by atoms with van der Waals surface area (Å²) in [5, 5.41) is 0. The second-order valence-corrected chi connectivity index (χ2v) is 6.01. The van der Waals surface area contributed by atoms with E-state index in [1.54, 1.807) is 24.3 Å². The molecule has 6 nitrogen and oxygen atoms in total. The Bertz CT molecular complexity index is 541. The van der Waals surface area contributed by atoms with E-state index in [2.05, 4.69) is 4.98 Å². The fraction of sp³-hybridized carbons (Fsp3) is 0.562. The molecular weight excluding hydrogens is 282 g/mol. The highest BCUT2D eigenvalue weighted by Gasteiger charge is 2.36. The van der Waals surface area contributed by atoms with E-state index < -0.39 is 0 Å². The normalized spacial score (nSPS) is 23.0. The monoisotopic (exact) mass is 303 g/mol. The van der Waals surface area contributed by atoms with Gasteiger partial charge in [0.2, 0.25) is 11.8 Å². The minimum atomic E-state index is -0.173. The number of hydrogen-bond acceptors (Lipinski definition) is 4. The van der Waals surface area contributed by atoms with Gasteiger partial charge in [0.15, 0.2) is 0 Å². The van der Waals surface area contributed by atoms with Crippen molar-refractivity contribution in [2.75, 3.05) is 26.7 Å². The third kappa shape index (κ3) is 3.21. The van der Waals surface area contributed by atoms with Crippen molar-refractivity contribution in [1.29, 1.82) is 0 Å². The van der Waals surface area contributed by atoms with Gasteiger partial charge in [-0.3, -0.25) is 14.6 Å². The molecule has 2 fully saturated rings. The minimum Gasteiger partial charge on any atom is -0.489 e. The van der Waals surface area contributed by atoms with Crippen molar-refractivity contribution < 1.29 is 14.3 Å². The van der Waals surface area contributed by atoms with Crippen molar-refractivity contribution in [3.63, 3.8) is 0 Å². The molecule has 0 bridgehead atoms. The van der Waals surface area contributed by atoms with Crippen LogP contribution in [0.3, 0.4) is 0 Å². The van der Waals surface area contributed by atoms with E-state index in [1.165, 1.54) is 0 Å². The molecule has 0 spiro atoms. The van der Waals surface area contributed by atoms with Crippen molar-refractivity contribution in [2.45, 2.75) is 25.4 Å². The van der Waals surface area contributed by atoms with Crippen molar-refractivity contribution in [2.24, 2.45) is 5.92 Å². The Kier molecular flexibility index (Phi) is 4.27. The molecule has 2 aliphatic rings. The third-order valence-corrected chi connectivity index (χ3v) is 4.38. The first-order valence-electron chi connectivity index (χ1n) is 7.73. The maximum Gasteiger partial charge on any atom is 0.227 e. The van der Waals surface area contributed by atoms with Gasteiger partial charge >= 0.3 is 0 Å². The molecule has 3 rings (SSSR count). The van der Waals surface area contributed by atoms with Crippen LogP contribution in [0.4, 0.5) is 0 Å². The maximum atomic E-state index is 12.5. The topological polar surface area (TPSA) is 62.7 Å². The van der Waals surface area contributed by atoms with Gasteiger partial charge in [-0.05, 0) is 12.1 Å². The molecule has 0 N–H and O–H groups in total. The van der Waals surface area contributed by atoms with Gasteiger partial charge in [0.05, 0.1) is 12.1 Å². The fourth-order valence-corrected chi connectivity index (χ4v) is 3.09. The standard InChI is InChI=1S/C16H21N3O3/c1-18-11-12(9-15(18)20)16(21)19-7-4-13(5-8-19)22-14-3-2-6-17-10-14/h2-3,6,10,12-13H,4-5,7-9,11H2,1H3/t12-/m0/s1. The van der Waals surface area contributed by atoms with E-state index in [9.17, 15) is 9.59 Å². The summed E-state index contributed by atoms with van der Waals surface area (Å²) in [5.41, 5.74) is 0. The molecule has 1 aromatic rings. The summed E-state index contributed by atoms with van der Waals surface area (Å²) in [6, 6.07) is 3.74. The molecular formula is C16H21N3O3. The van der Waals surface area contributed by atoms with Crippen LogP contribution in [-0.4, -0.2) is 59.4 Å². The second-order valence-electron chi connectivity index (χ2n) is 6.01. The lowest BCUT2D eigenvalue weighted by Gasteiger charge is -2.33. The van der Waals surface area contributed by atoms with Crippen molar-refractivity contribution >= 4 is 11.8 Å². The van der Waals surface area contributed by atoms with E-state index in [0.717, 1.165) is 18.6 Å². The van der Waals surface area contributed by atoms with E-state index in [-0.39, 0.29) is 23.8 Å². The van der Waals surface area contributed by atoms with Crippen LogP contribution < -0.4 is 4.74 Å². The molecule has 3 heterocycles. The first-order chi connectivity index (χ1) is 10.6. The Morgan fingerprint density at radius 2 is 2.14 bits per heavy atom. The summed E-state index contributed by atoms with van der Waals surface area (Å²) in [5.74, 6) is 0.772. The van der Waals surface area contributed by atoms with E-state index in [0.29, 0.717) is 26.1 Å². The summed E-state index contributed by atoms with van der Waals surface area (Å²) in [6.45, 7) is 1.93. The van der Waals surface area contributed by atoms with Gasteiger partial charge < -0.3 is 14.5 Å². The molecule has 0 saturated carbocycles. The number of carbonyl (C=O) groups excluding carboxylic acids is 2. The van der Waals surface area contributed by atoms with Crippen molar-refractivity contribution in [3.8, 4) is 5.75 Å².